The molecule has 0 saturated heterocycles. The maximum absolute atomic E-state index is 14.3. The number of hydrogen-bond acceptors (Lipinski definition) is 5. The van der Waals surface area contributed by atoms with Crippen LogP contribution in [0.3, 0.4) is 0 Å². The molecule has 0 fully saturated rings. The Balaban J connectivity index is 1.94. The molecule has 3 aromatic rings. The van der Waals surface area contributed by atoms with Gasteiger partial charge in [-0.1, -0.05) is 119 Å². The lowest BCUT2D eigenvalue weighted by molar-refractivity contribution is -0.132. The molecule has 0 aliphatic rings. The minimum Gasteiger partial charge on any atom is -0.343 e. The summed E-state index contributed by atoms with van der Waals surface area (Å²) in [4.78, 5) is 56.4. The van der Waals surface area contributed by atoms with Gasteiger partial charge in [-0.2, -0.15) is 0 Å². The van der Waals surface area contributed by atoms with Crippen molar-refractivity contribution in [2.24, 2.45) is 5.92 Å². The average Bonchev–Trinajstić information content (AvgIpc) is 3.06. The van der Waals surface area contributed by atoms with Crippen molar-refractivity contribution in [3.63, 3.8) is 0 Å². The second kappa shape index (κ2) is 18.5. The Morgan fingerprint density at radius 1 is 0.674 bits per heavy atom. The van der Waals surface area contributed by atoms with Crippen LogP contribution in [-0.4, -0.2) is 55.3 Å². The fraction of sp³-hybridized carbons (Fsp3) is 0.405. The summed E-state index contributed by atoms with van der Waals surface area (Å²) >= 11 is 0. The Labute approximate surface area is 273 Å². The Morgan fingerprint density at radius 3 is 1.67 bits per heavy atom. The van der Waals surface area contributed by atoms with Gasteiger partial charge in [-0.15, -0.1) is 0 Å². The number of benzene rings is 3. The first kappa shape index (κ1) is 36.0. The van der Waals surface area contributed by atoms with Gasteiger partial charge in [-0.25, -0.2) is 0 Å². The van der Waals surface area contributed by atoms with E-state index in [9.17, 15) is 19.2 Å². The van der Waals surface area contributed by atoms with Crippen LogP contribution in [0, 0.1) is 5.92 Å². The summed E-state index contributed by atoms with van der Waals surface area (Å²) in [6.45, 7) is 7.68. The van der Waals surface area contributed by atoms with E-state index in [4.69, 9.17) is 0 Å². The van der Waals surface area contributed by atoms with E-state index in [2.05, 4.69) is 21.3 Å². The van der Waals surface area contributed by atoms with E-state index in [0.717, 1.165) is 11.1 Å². The first-order chi connectivity index (χ1) is 22.2. The van der Waals surface area contributed by atoms with Gasteiger partial charge in [-0.05, 0) is 49.1 Å². The van der Waals surface area contributed by atoms with Gasteiger partial charge in [0.15, 0.2) is 0 Å². The Hall–Kier alpha value is -4.50. The third kappa shape index (κ3) is 10.0. The summed E-state index contributed by atoms with van der Waals surface area (Å²) in [5, 5.41) is 11.8. The maximum Gasteiger partial charge on any atom is 0.250 e. The number of hydrogen-bond donors (Lipinski definition) is 4. The number of carbonyl (C=O) groups is 4. The van der Waals surface area contributed by atoms with Crippen LogP contribution < -0.4 is 26.2 Å². The molecule has 0 radical (unpaired) electrons. The Morgan fingerprint density at radius 2 is 1.20 bits per heavy atom. The Bertz CT molecular complexity index is 1350. The van der Waals surface area contributed by atoms with Gasteiger partial charge >= 0.3 is 0 Å². The van der Waals surface area contributed by atoms with Crippen LogP contribution in [0.15, 0.2) is 91.0 Å². The maximum atomic E-state index is 14.3. The molecule has 0 aliphatic heterocycles. The first-order valence-electron chi connectivity index (χ1n) is 16.2. The average molecular weight is 628 g/mol. The summed E-state index contributed by atoms with van der Waals surface area (Å²) < 4.78 is 0. The third-order valence-electron chi connectivity index (χ3n) is 7.80. The van der Waals surface area contributed by atoms with Crippen LogP contribution in [0.25, 0.3) is 0 Å². The Kier molecular flexibility index (Phi) is 14.4. The number of amides is 4. The SMILES string of the molecule is CCCC(NC(=O)C(CCC)N(C(=O)C(NC(=O)CNC)C(C)C)c1ccccc1)C(=O)NC(c1ccccc1)c1ccccc1. The molecule has 9 heteroatoms. The molecule has 0 saturated carbocycles. The molecule has 246 valence electrons. The summed E-state index contributed by atoms with van der Waals surface area (Å²) in [6.07, 6.45) is 2.05. The van der Waals surface area contributed by atoms with E-state index in [1.807, 2.05) is 94.4 Å². The molecule has 0 aromatic heterocycles. The van der Waals surface area contributed by atoms with Gasteiger partial charge in [-0.3, -0.25) is 24.1 Å². The fourth-order valence-electron chi connectivity index (χ4n) is 5.47. The van der Waals surface area contributed by atoms with Crippen molar-refractivity contribution in [3.05, 3.63) is 102 Å². The number of nitrogens with zero attached hydrogens (tertiary/aromatic N) is 1. The fourth-order valence-corrected chi connectivity index (χ4v) is 5.47. The highest BCUT2D eigenvalue weighted by molar-refractivity contribution is 6.05. The third-order valence-corrected chi connectivity index (χ3v) is 7.80. The van der Waals surface area contributed by atoms with Crippen molar-refractivity contribution < 1.29 is 19.2 Å². The van der Waals surface area contributed by atoms with E-state index in [0.29, 0.717) is 31.4 Å². The molecule has 0 spiro atoms. The summed E-state index contributed by atoms with van der Waals surface area (Å²) in [6, 6.07) is 25.4. The van der Waals surface area contributed by atoms with Crippen LogP contribution in [0.4, 0.5) is 5.69 Å². The van der Waals surface area contributed by atoms with Gasteiger partial charge < -0.3 is 21.3 Å². The molecule has 0 heterocycles. The molecule has 3 unspecified atom stereocenters. The van der Waals surface area contributed by atoms with Gasteiger partial charge in [0.25, 0.3) is 5.91 Å². The normalized spacial score (nSPS) is 13.0. The van der Waals surface area contributed by atoms with Gasteiger partial charge in [0.1, 0.15) is 18.1 Å². The topological polar surface area (TPSA) is 120 Å². The van der Waals surface area contributed by atoms with Gasteiger partial charge in [0.05, 0.1) is 12.6 Å². The predicted octanol–water partition coefficient (Wildman–Crippen LogP) is 4.74. The largest absolute Gasteiger partial charge is 0.343 e. The standard InChI is InChI=1S/C37H49N5O4/c1-6-17-30(35(44)41-34(27-19-11-8-12-20-27)28-21-13-9-14-22-28)39-36(45)31(18-7-2)42(29-23-15-10-16-24-29)37(46)33(26(3)4)40-32(43)25-38-5/h8-16,19-24,26,30-31,33-34,38H,6-7,17-18,25H2,1-5H3,(H,39,45)(H,40,43)(H,41,44). The molecule has 4 N–H and O–H groups in total. The number of nitrogens with one attached hydrogen (secondary N) is 4. The number of carbonyl (C=O) groups excluding carboxylic acids is 4. The molecule has 3 rings (SSSR count). The molecule has 3 aromatic carbocycles. The van der Waals surface area contributed by atoms with Crippen LogP contribution in [-0.2, 0) is 19.2 Å². The van der Waals surface area contributed by atoms with Crippen LogP contribution >= 0.6 is 0 Å². The highest BCUT2D eigenvalue weighted by atomic mass is 16.2. The second-order valence-electron chi connectivity index (χ2n) is 11.8. The zero-order valence-electron chi connectivity index (χ0n) is 27.7. The minimum absolute atomic E-state index is 0.0570. The van der Waals surface area contributed by atoms with E-state index >= 15 is 0 Å². The number of likely N-dealkylation sites (N-methyl/N-ethyl adjacent to an activating group) is 1. The number of anilines is 1. The lowest BCUT2D eigenvalue weighted by atomic mass is 9.97. The zero-order valence-corrected chi connectivity index (χ0v) is 27.7. The predicted molar refractivity (Wildman–Crippen MR) is 183 cm³/mol. The smallest absolute Gasteiger partial charge is 0.250 e. The second-order valence-corrected chi connectivity index (χ2v) is 11.8. The number of para-hydroxylation sites is 1. The van der Waals surface area contributed by atoms with Crippen molar-refractivity contribution in [3.8, 4) is 0 Å². The minimum atomic E-state index is -0.909. The van der Waals surface area contributed by atoms with E-state index < -0.39 is 30.1 Å². The molecule has 0 bridgehead atoms. The highest BCUT2D eigenvalue weighted by Crippen LogP contribution is 2.24. The summed E-state index contributed by atoms with van der Waals surface area (Å²) in [5.41, 5.74) is 2.39. The van der Waals surface area contributed by atoms with E-state index in [-0.39, 0.29) is 30.2 Å². The molecular formula is C37H49N5O4. The van der Waals surface area contributed by atoms with Gasteiger partial charge in [0.2, 0.25) is 17.7 Å². The highest BCUT2D eigenvalue weighted by Gasteiger charge is 2.37. The molecule has 9 nitrogen and oxygen atoms in total. The summed E-state index contributed by atoms with van der Waals surface area (Å²) in [5.74, 6) is -1.67. The van der Waals surface area contributed by atoms with Crippen molar-refractivity contribution >= 4 is 29.3 Å². The van der Waals surface area contributed by atoms with Crippen molar-refractivity contribution in [2.45, 2.75) is 77.5 Å². The lowest BCUT2D eigenvalue weighted by Gasteiger charge is -2.36. The monoisotopic (exact) mass is 627 g/mol. The summed E-state index contributed by atoms with van der Waals surface area (Å²) in [7, 11) is 1.66. The zero-order chi connectivity index (χ0) is 33.5. The molecular weight excluding hydrogens is 578 g/mol. The molecule has 3 atom stereocenters. The number of rotatable bonds is 17. The van der Waals surface area contributed by atoms with E-state index in [1.165, 1.54) is 4.90 Å². The van der Waals surface area contributed by atoms with Crippen molar-refractivity contribution in [1.29, 1.82) is 0 Å². The van der Waals surface area contributed by atoms with E-state index in [1.54, 1.807) is 31.3 Å². The molecule has 4 amide bonds. The van der Waals surface area contributed by atoms with Gasteiger partial charge in [0, 0.05) is 5.69 Å². The first-order valence-corrected chi connectivity index (χ1v) is 16.2. The van der Waals surface area contributed by atoms with Crippen molar-refractivity contribution in [1.82, 2.24) is 21.3 Å². The van der Waals surface area contributed by atoms with Crippen molar-refractivity contribution in [2.75, 3.05) is 18.5 Å². The van der Waals surface area contributed by atoms with Crippen LogP contribution in [0.5, 0.6) is 0 Å². The van der Waals surface area contributed by atoms with Crippen LogP contribution in [0.2, 0.25) is 0 Å². The molecule has 0 aliphatic carbocycles. The quantitative estimate of drug-likeness (QED) is 0.172. The lowest BCUT2D eigenvalue weighted by Crippen LogP contribution is -2.60. The van der Waals surface area contributed by atoms with Crippen LogP contribution in [0.1, 0.15) is 70.5 Å². The molecule has 46 heavy (non-hydrogen) atoms.